The van der Waals surface area contributed by atoms with Gasteiger partial charge in [0, 0.05) is 18.2 Å². The summed E-state index contributed by atoms with van der Waals surface area (Å²) >= 11 is 0. The molecular formula is C11H14N4O4. The van der Waals surface area contributed by atoms with Gasteiger partial charge in [0.15, 0.2) is 0 Å². The lowest BCUT2D eigenvalue weighted by molar-refractivity contribution is -0.0222. The standard InChI is InChI=1S/C11H14N4O4/c12-11-14-8-4(2-13-9(8)10(18)15-11)6-1-5(17)7(3-16)19-6/h2,5-7,13,16-17H,1,3H2,(H3,12,14,15,18)/t5?,6-,7-/m1/s1. The first-order valence-corrected chi connectivity index (χ1v) is 5.91. The van der Waals surface area contributed by atoms with Gasteiger partial charge in [-0.3, -0.25) is 9.78 Å². The number of rotatable bonds is 2. The topological polar surface area (TPSA) is 137 Å². The summed E-state index contributed by atoms with van der Waals surface area (Å²) in [6.45, 7) is -0.254. The second-order valence-electron chi connectivity index (χ2n) is 4.57. The van der Waals surface area contributed by atoms with Gasteiger partial charge in [-0.2, -0.15) is 0 Å². The van der Waals surface area contributed by atoms with Crippen LogP contribution in [-0.2, 0) is 4.74 Å². The van der Waals surface area contributed by atoms with Crippen LogP contribution in [0, 0.1) is 0 Å². The summed E-state index contributed by atoms with van der Waals surface area (Å²) in [6.07, 6.45) is 0.180. The van der Waals surface area contributed by atoms with E-state index in [1.54, 1.807) is 6.20 Å². The third-order valence-electron chi connectivity index (χ3n) is 3.33. The van der Waals surface area contributed by atoms with E-state index in [1.165, 1.54) is 0 Å². The van der Waals surface area contributed by atoms with E-state index in [-0.39, 0.29) is 18.1 Å². The van der Waals surface area contributed by atoms with E-state index >= 15 is 0 Å². The van der Waals surface area contributed by atoms with Gasteiger partial charge in [-0.1, -0.05) is 0 Å². The maximum atomic E-state index is 11.7. The predicted molar refractivity (Wildman–Crippen MR) is 66.5 cm³/mol. The van der Waals surface area contributed by atoms with E-state index in [2.05, 4.69) is 15.0 Å². The third kappa shape index (κ3) is 1.89. The average Bonchev–Trinajstić information content (AvgIpc) is 2.92. The highest BCUT2D eigenvalue weighted by molar-refractivity contribution is 5.79. The fourth-order valence-corrected chi connectivity index (χ4v) is 2.39. The number of aromatic nitrogens is 3. The van der Waals surface area contributed by atoms with Gasteiger partial charge in [0.2, 0.25) is 5.95 Å². The van der Waals surface area contributed by atoms with Gasteiger partial charge >= 0.3 is 0 Å². The fourth-order valence-electron chi connectivity index (χ4n) is 2.39. The maximum Gasteiger partial charge on any atom is 0.276 e. The van der Waals surface area contributed by atoms with E-state index in [9.17, 15) is 9.90 Å². The Balaban J connectivity index is 2.05. The highest BCUT2D eigenvalue weighted by atomic mass is 16.5. The molecule has 0 saturated carbocycles. The minimum absolute atomic E-state index is 0.0237. The van der Waals surface area contributed by atoms with E-state index in [0.717, 1.165) is 0 Å². The summed E-state index contributed by atoms with van der Waals surface area (Å²) in [5.41, 5.74) is 6.56. The van der Waals surface area contributed by atoms with Crippen LogP contribution in [0.3, 0.4) is 0 Å². The van der Waals surface area contributed by atoms with Crippen molar-refractivity contribution in [1.29, 1.82) is 0 Å². The van der Waals surface area contributed by atoms with Crippen molar-refractivity contribution in [3.05, 3.63) is 22.1 Å². The van der Waals surface area contributed by atoms with Gasteiger partial charge in [0.05, 0.1) is 18.8 Å². The smallest absolute Gasteiger partial charge is 0.276 e. The van der Waals surface area contributed by atoms with E-state index in [0.29, 0.717) is 23.0 Å². The zero-order valence-corrected chi connectivity index (χ0v) is 9.96. The minimum atomic E-state index is -0.737. The minimum Gasteiger partial charge on any atom is -0.394 e. The Morgan fingerprint density at radius 3 is 3.05 bits per heavy atom. The van der Waals surface area contributed by atoms with Crippen LogP contribution in [0.15, 0.2) is 11.0 Å². The summed E-state index contributed by atoms with van der Waals surface area (Å²) in [4.78, 5) is 21.0. The van der Waals surface area contributed by atoms with Crippen LogP contribution in [0.4, 0.5) is 5.95 Å². The molecule has 1 saturated heterocycles. The molecule has 0 spiro atoms. The normalized spacial score (nSPS) is 27.2. The van der Waals surface area contributed by atoms with Gasteiger partial charge in [0.25, 0.3) is 5.56 Å². The van der Waals surface area contributed by atoms with Crippen molar-refractivity contribution in [3.63, 3.8) is 0 Å². The number of hydrogen-bond acceptors (Lipinski definition) is 6. The molecular weight excluding hydrogens is 252 g/mol. The molecule has 2 aromatic heterocycles. The Morgan fingerprint density at radius 1 is 1.58 bits per heavy atom. The first-order valence-electron chi connectivity index (χ1n) is 5.91. The van der Waals surface area contributed by atoms with E-state index in [1.807, 2.05) is 0 Å². The molecule has 1 unspecified atom stereocenters. The van der Waals surface area contributed by atoms with Crippen LogP contribution in [-0.4, -0.2) is 44.0 Å². The number of anilines is 1. The zero-order chi connectivity index (χ0) is 13.6. The monoisotopic (exact) mass is 266 g/mol. The number of ether oxygens (including phenoxy) is 1. The molecule has 0 bridgehead atoms. The number of nitrogens with zero attached hydrogens (tertiary/aromatic N) is 1. The quantitative estimate of drug-likeness (QED) is 0.473. The molecule has 1 aliphatic heterocycles. The molecule has 1 fully saturated rings. The van der Waals surface area contributed by atoms with Crippen LogP contribution in [0.25, 0.3) is 11.0 Å². The predicted octanol–water partition coefficient (Wildman–Crippen LogP) is -0.983. The zero-order valence-electron chi connectivity index (χ0n) is 9.96. The van der Waals surface area contributed by atoms with Gasteiger partial charge in [-0.25, -0.2) is 4.98 Å². The lowest BCUT2D eigenvalue weighted by atomic mass is 10.1. The van der Waals surface area contributed by atoms with Crippen molar-refractivity contribution in [3.8, 4) is 0 Å². The van der Waals surface area contributed by atoms with Crippen LogP contribution in [0.2, 0.25) is 0 Å². The molecule has 3 atom stereocenters. The molecule has 6 N–H and O–H groups in total. The Kier molecular flexibility index (Phi) is 2.77. The van der Waals surface area contributed by atoms with Crippen LogP contribution < -0.4 is 11.3 Å². The summed E-state index contributed by atoms with van der Waals surface area (Å²) in [7, 11) is 0. The number of hydrogen-bond donors (Lipinski definition) is 5. The number of nitrogen functional groups attached to an aromatic ring is 1. The van der Waals surface area contributed by atoms with Crippen molar-refractivity contribution >= 4 is 17.0 Å². The largest absolute Gasteiger partial charge is 0.394 e. The lowest BCUT2D eigenvalue weighted by Gasteiger charge is -2.11. The first-order chi connectivity index (χ1) is 9.10. The Morgan fingerprint density at radius 2 is 2.37 bits per heavy atom. The van der Waals surface area contributed by atoms with Crippen molar-refractivity contribution < 1.29 is 14.9 Å². The van der Waals surface area contributed by atoms with Gasteiger partial charge in [-0.15, -0.1) is 0 Å². The molecule has 0 radical (unpaired) electrons. The molecule has 0 amide bonds. The summed E-state index contributed by atoms with van der Waals surface area (Å²) in [5.74, 6) is 0.0237. The fraction of sp³-hybridized carbons (Fsp3) is 0.455. The highest BCUT2D eigenvalue weighted by Crippen LogP contribution is 2.35. The summed E-state index contributed by atoms with van der Waals surface area (Å²) < 4.78 is 5.54. The molecule has 3 rings (SSSR count). The number of nitrogens with two attached hydrogens (primary N) is 1. The van der Waals surface area contributed by atoms with Crippen LogP contribution in [0.1, 0.15) is 18.1 Å². The Hall–Kier alpha value is -1.90. The summed E-state index contributed by atoms with van der Waals surface area (Å²) in [5, 5.41) is 18.8. The molecule has 8 heteroatoms. The molecule has 0 aliphatic carbocycles. The maximum absolute atomic E-state index is 11.7. The van der Waals surface area contributed by atoms with Crippen molar-refractivity contribution in [2.24, 2.45) is 0 Å². The second kappa shape index (κ2) is 4.34. The molecule has 102 valence electrons. The van der Waals surface area contributed by atoms with Gasteiger partial charge < -0.3 is 25.7 Å². The number of aliphatic hydroxyl groups excluding tert-OH is 2. The number of H-pyrrole nitrogens is 2. The second-order valence-corrected chi connectivity index (χ2v) is 4.57. The molecule has 3 heterocycles. The number of fused-ring (bicyclic) bond motifs is 1. The van der Waals surface area contributed by atoms with E-state index < -0.39 is 18.3 Å². The molecule has 2 aromatic rings. The third-order valence-corrected chi connectivity index (χ3v) is 3.33. The number of aliphatic hydroxyl groups is 2. The molecule has 0 aromatic carbocycles. The summed E-state index contributed by atoms with van der Waals surface area (Å²) in [6, 6.07) is 0. The van der Waals surface area contributed by atoms with Crippen molar-refractivity contribution in [2.45, 2.75) is 24.7 Å². The average molecular weight is 266 g/mol. The number of aromatic amines is 2. The Bertz CT molecular complexity index is 664. The first kappa shape index (κ1) is 12.2. The SMILES string of the molecule is Nc1nc2c([C@H]3CC(O)[C@@H](CO)O3)c[nH]c2c(=O)[nH]1. The van der Waals surface area contributed by atoms with Crippen LogP contribution in [0.5, 0.6) is 0 Å². The van der Waals surface area contributed by atoms with Crippen molar-refractivity contribution in [1.82, 2.24) is 15.0 Å². The lowest BCUT2D eigenvalue weighted by Crippen LogP contribution is -2.24. The van der Waals surface area contributed by atoms with E-state index in [4.69, 9.17) is 15.6 Å². The van der Waals surface area contributed by atoms with Gasteiger partial charge in [0.1, 0.15) is 17.1 Å². The molecule has 1 aliphatic rings. The van der Waals surface area contributed by atoms with Crippen molar-refractivity contribution in [2.75, 3.05) is 12.3 Å². The Labute approximate surface area is 107 Å². The molecule has 19 heavy (non-hydrogen) atoms. The van der Waals surface area contributed by atoms with Gasteiger partial charge in [-0.05, 0) is 0 Å². The highest BCUT2D eigenvalue weighted by Gasteiger charge is 2.35. The number of nitrogens with one attached hydrogen (secondary N) is 2. The molecule has 8 nitrogen and oxygen atoms in total. The van der Waals surface area contributed by atoms with Crippen LogP contribution >= 0.6 is 0 Å².